The maximum absolute atomic E-state index is 14.4. The number of benzene rings is 3. The summed E-state index contributed by atoms with van der Waals surface area (Å²) in [6.45, 7) is 2.26. The van der Waals surface area contributed by atoms with E-state index in [1.807, 2.05) is 31.2 Å². The van der Waals surface area contributed by atoms with Crippen molar-refractivity contribution in [1.29, 1.82) is 0 Å². The molecule has 3 rings (SSSR count). The van der Waals surface area contributed by atoms with E-state index >= 15 is 0 Å². The lowest BCUT2D eigenvalue weighted by Crippen LogP contribution is -2.26. The summed E-state index contributed by atoms with van der Waals surface area (Å²) in [5, 5.41) is 7.74. The largest absolute Gasteiger partial charge is 0.352 e. The van der Waals surface area contributed by atoms with E-state index in [1.165, 1.54) is 24.3 Å². The van der Waals surface area contributed by atoms with E-state index < -0.39 is 21.7 Å². The van der Waals surface area contributed by atoms with Crippen LogP contribution in [-0.2, 0) is 16.4 Å². The van der Waals surface area contributed by atoms with E-state index in [-0.39, 0.29) is 17.0 Å². The number of primary sulfonamides is 1. The molecule has 3 N–H and O–H groups in total. The smallest absolute Gasteiger partial charge is 0.254 e. The summed E-state index contributed by atoms with van der Waals surface area (Å²) in [7, 11) is -3.73. The van der Waals surface area contributed by atoms with Gasteiger partial charge in [0.25, 0.3) is 5.91 Å². The Labute approximate surface area is 169 Å². The summed E-state index contributed by atoms with van der Waals surface area (Å²) in [6.07, 6.45) is 0.472. The maximum atomic E-state index is 14.4. The third kappa shape index (κ3) is 5.28. The quantitative estimate of drug-likeness (QED) is 0.650. The van der Waals surface area contributed by atoms with Gasteiger partial charge in [0, 0.05) is 6.54 Å². The highest BCUT2D eigenvalue weighted by atomic mass is 32.2. The molecule has 0 aliphatic heterocycles. The van der Waals surface area contributed by atoms with Gasteiger partial charge < -0.3 is 5.32 Å². The van der Waals surface area contributed by atoms with Gasteiger partial charge in [0.2, 0.25) is 10.0 Å². The lowest BCUT2D eigenvalue weighted by Gasteiger charge is -2.09. The zero-order valence-corrected chi connectivity index (χ0v) is 16.7. The topological polar surface area (TPSA) is 89.3 Å². The number of amides is 1. The molecule has 0 radical (unpaired) electrons. The van der Waals surface area contributed by atoms with Gasteiger partial charge in [0.05, 0.1) is 10.5 Å². The summed E-state index contributed by atoms with van der Waals surface area (Å²) >= 11 is 0. The second-order valence-electron chi connectivity index (χ2n) is 6.76. The minimum absolute atomic E-state index is 0.0227. The van der Waals surface area contributed by atoms with Crippen molar-refractivity contribution in [2.75, 3.05) is 6.54 Å². The molecule has 3 aromatic carbocycles. The van der Waals surface area contributed by atoms with E-state index in [1.54, 1.807) is 18.2 Å². The fourth-order valence-electron chi connectivity index (χ4n) is 2.89. The normalized spacial score (nSPS) is 11.3. The highest BCUT2D eigenvalue weighted by Crippen LogP contribution is 2.22. The number of carbonyl (C=O) groups excluding carboxylic acids is 1. The monoisotopic (exact) mass is 412 g/mol. The van der Waals surface area contributed by atoms with E-state index in [0.29, 0.717) is 12.0 Å². The molecule has 0 fully saturated rings. The Morgan fingerprint density at radius 1 is 0.966 bits per heavy atom. The van der Waals surface area contributed by atoms with Gasteiger partial charge in [-0.1, -0.05) is 48.0 Å². The van der Waals surface area contributed by atoms with Gasteiger partial charge in [0.15, 0.2) is 0 Å². The minimum Gasteiger partial charge on any atom is -0.352 e. The Balaban J connectivity index is 1.61. The molecule has 0 aromatic heterocycles. The van der Waals surface area contributed by atoms with Crippen LogP contribution in [0.5, 0.6) is 0 Å². The van der Waals surface area contributed by atoms with Crippen LogP contribution in [0.25, 0.3) is 11.1 Å². The summed E-state index contributed by atoms with van der Waals surface area (Å²) in [5.41, 5.74) is 3.50. The number of nitrogens with two attached hydrogens (primary N) is 1. The van der Waals surface area contributed by atoms with Crippen molar-refractivity contribution < 1.29 is 17.6 Å². The molecule has 29 heavy (non-hydrogen) atoms. The molecule has 0 spiro atoms. The van der Waals surface area contributed by atoms with Crippen molar-refractivity contribution in [1.82, 2.24) is 5.32 Å². The van der Waals surface area contributed by atoms with Crippen molar-refractivity contribution in [3.8, 4) is 11.1 Å². The van der Waals surface area contributed by atoms with Crippen molar-refractivity contribution in [3.63, 3.8) is 0 Å². The Morgan fingerprint density at radius 3 is 2.17 bits per heavy atom. The highest BCUT2D eigenvalue weighted by molar-refractivity contribution is 7.89. The van der Waals surface area contributed by atoms with Gasteiger partial charge in [-0.15, -0.1) is 0 Å². The van der Waals surface area contributed by atoms with E-state index in [0.717, 1.165) is 16.7 Å². The summed E-state index contributed by atoms with van der Waals surface area (Å²) < 4.78 is 36.9. The Hall–Kier alpha value is -3.03. The maximum Gasteiger partial charge on any atom is 0.254 e. The van der Waals surface area contributed by atoms with Gasteiger partial charge in [-0.2, -0.15) is 0 Å². The fraction of sp³-hybridized carbons (Fsp3) is 0.136. The molecule has 3 aromatic rings. The van der Waals surface area contributed by atoms with Crippen molar-refractivity contribution >= 4 is 15.9 Å². The van der Waals surface area contributed by atoms with Crippen LogP contribution >= 0.6 is 0 Å². The lowest BCUT2D eigenvalue weighted by atomic mass is 10.0. The van der Waals surface area contributed by atoms with Crippen molar-refractivity contribution in [2.24, 2.45) is 5.14 Å². The van der Waals surface area contributed by atoms with Crippen LogP contribution in [0.4, 0.5) is 4.39 Å². The van der Waals surface area contributed by atoms with Crippen molar-refractivity contribution in [3.05, 3.63) is 89.2 Å². The predicted molar refractivity (Wildman–Crippen MR) is 110 cm³/mol. The van der Waals surface area contributed by atoms with Gasteiger partial charge in [-0.25, -0.2) is 17.9 Å². The average molecular weight is 412 g/mol. The molecular formula is C22H21FN2O3S. The van der Waals surface area contributed by atoms with Crippen LogP contribution in [-0.4, -0.2) is 20.9 Å². The fourth-order valence-corrected chi connectivity index (χ4v) is 3.40. The third-order valence-corrected chi connectivity index (χ3v) is 5.48. The molecule has 0 saturated carbocycles. The molecule has 1 amide bonds. The first-order valence-electron chi connectivity index (χ1n) is 9.00. The molecular weight excluding hydrogens is 391 g/mol. The second-order valence-corrected chi connectivity index (χ2v) is 8.32. The third-order valence-electron chi connectivity index (χ3n) is 4.55. The van der Waals surface area contributed by atoms with Crippen LogP contribution in [0.15, 0.2) is 71.6 Å². The molecule has 0 unspecified atom stereocenters. The van der Waals surface area contributed by atoms with E-state index in [9.17, 15) is 17.6 Å². The summed E-state index contributed by atoms with van der Waals surface area (Å²) in [5.74, 6) is -1.09. The number of sulfonamides is 1. The molecule has 5 nitrogen and oxygen atoms in total. The van der Waals surface area contributed by atoms with Crippen LogP contribution in [0.1, 0.15) is 21.5 Å². The van der Waals surface area contributed by atoms with Gasteiger partial charge in [0.1, 0.15) is 5.82 Å². The number of nitrogens with one attached hydrogen (secondary N) is 1. The highest BCUT2D eigenvalue weighted by Gasteiger charge is 2.13. The molecule has 0 heterocycles. The standard InChI is InChI=1S/C22H21FN2O3S/c1-15-2-6-17(7-3-15)18-8-11-20(21(23)14-18)22(26)25-13-12-16-4-9-19(10-5-16)29(24,27)28/h2-11,14H,12-13H2,1H3,(H,25,26)(H2,24,27,28). The number of aryl methyl sites for hydroxylation is 1. The Kier molecular flexibility index (Phi) is 6.10. The lowest BCUT2D eigenvalue weighted by molar-refractivity contribution is 0.0950. The minimum atomic E-state index is -3.73. The first kappa shape index (κ1) is 20.7. The van der Waals surface area contributed by atoms with Gasteiger partial charge in [-0.3, -0.25) is 4.79 Å². The number of carbonyl (C=O) groups is 1. The van der Waals surface area contributed by atoms with E-state index in [2.05, 4.69) is 5.32 Å². The number of hydrogen-bond acceptors (Lipinski definition) is 3. The van der Waals surface area contributed by atoms with Crippen LogP contribution in [0, 0.1) is 12.7 Å². The van der Waals surface area contributed by atoms with Crippen LogP contribution in [0.3, 0.4) is 0 Å². The van der Waals surface area contributed by atoms with Crippen molar-refractivity contribution in [2.45, 2.75) is 18.2 Å². The van der Waals surface area contributed by atoms with Crippen LogP contribution < -0.4 is 10.5 Å². The average Bonchev–Trinajstić information content (AvgIpc) is 2.68. The second kappa shape index (κ2) is 8.55. The Bertz CT molecular complexity index is 1130. The van der Waals surface area contributed by atoms with Gasteiger partial charge in [-0.05, 0) is 54.3 Å². The first-order chi connectivity index (χ1) is 13.7. The molecule has 0 atom stereocenters. The zero-order valence-electron chi connectivity index (χ0n) is 15.9. The summed E-state index contributed by atoms with van der Waals surface area (Å²) in [4.78, 5) is 12.3. The SMILES string of the molecule is Cc1ccc(-c2ccc(C(=O)NCCc3ccc(S(N)(=O)=O)cc3)c(F)c2)cc1. The number of rotatable bonds is 6. The molecule has 0 aliphatic carbocycles. The Morgan fingerprint density at radius 2 is 1.59 bits per heavy atom. The zero-order chi connectivity index (χ0) is 21.0. The van der Waals surface area contributed by atoms with E-state index in [4.69, 9.17) is 5.14 Å². The first-order valence-corrected chi connectivity index (χ1v) is 10.6. The molecule has 7 heteroatoms. The van der Waals surface area contributed by atoms with Crippen LogP contribution in [0.2, 0.25) is 0 Å². The predicted octanol–water partition coefficient (Wildman–Crippen LogP) is 3.42. The molecule has 150 valence electrons. The molecule has 0 aliphatic rings. The molecule has 0 bridgehead atoms. The molecule has 0 saturated heterocycles. The summed E-state index contributed by atoms with van der Waals surface area (Å²) in [6, 6.07) is 18.3. The number of halogens is 1. The van der Waals surface area contributed by atoms with Gasteiger partial charge >= 0.3 is 0 Å². The number of hydrogen-bond donors (Lipinski definition) is 2.